The van der Waals surface area contributed by atoms with Gasteiger partial charge in [-0.15, -0.1) is 56.7 Å². The van der Waals surface area contributed by atoms with E-state index in [2.05, 4.69) is 0 Å². The number of ether oxygens (including phenoxy) is 2. The third-order valence-corrected chi connectivity index (χ3v) is 13.0. The maximum absolute atomic E-state index is 16.5. The van der Waals surface area contributed by atoms with Gasteiger partial charge in [0, 0.05) is 32.5 Å². The molecule has 0 radical (unpaired) electrons. The predicted molar refractivity (Wildman–Crippen MR) is 168 cm³/mol. The average molecular weight is 650 g/mol. The highest BCUT2D eigenvalue weighted by molar-refractivity contribution is 7.37. The van der Waals surface area contributed by atoms with Crippen LogP contribution in [0.25, 0.3) is 58.0 Å². The fourth-order valence-electron chi connectivity index (χ4n) is 4.78. The number of nitrogens with zero attached hydrogens (tertiary/aromatic N) is 1. The largest absolute Gasteiger partial charge is 0.382 e. The van der Waals surface area contributed by atoms with Crippen molar-refractivity contribution in [1.29, 1.82) is 0 Å². The second kappa shape index (κ2) is 10.9. The van der Waals surface area contributed by atoms with Crippen molar-refractivity contribution in [2.24, 2.45) is 0 Å². The first-order valence-corrected chi connectivity index (χ1v) is 16.6. The van der Waals surface area contributed by atoms with Crippen LogP contribution < -0.4 is 0 Å². The fraction of sp³-hybridized carbons (Fsp3) is 0.172. The standard InChI is InChI=1S/C29H19F4NO2S5/c1-35-12-13-36-11-10-34-22-18(30)26-28(39-16-8-4-2-6-14(16)37-26)20(32)24(22)41-25-21(33)29-27(19(31)23(25)34)38-15-7-3-5-9-17(15)40-29/h2-9H,10-13H2,1H3. The minimum Gasteiger partial charge on any atom is -0.382 e. The van der Waals surface area contributed by atoms with Gasteiger partial charge in [-0.1, -0.05) is 24.3 Å². The number of hydrogen-bond acceptors (Lipinski definition) is 7. The van der Waals surface area contributed by atoms with Gasteiger partial charge in [0.25, 0.3) is 0 Å². The zero-order valence-electron chi connectivity index (χ0n) is 21.3. The first-order chi connectivity index (χ1) is 20.0. The van der Waals surface area contributed by atoms with Crippen LogP contribution in [0, 0.1) is 23.3 Å². The van der Waals surface area contributed by atoms with Gasteiger partial charge in [0.2, 0.25) is 0 Å². The van der Waals surface area contributed by atoms with E-state index in [1.165, 1.54) is 4.57 Å². The highest BCUT2D eigenvalue weighted by Crippen LogP contribution is 2.46. The Kier molecular flexibility index (Phi) is 7.26. The average Bonchev–Trinajstić information content (AvgIpc) is 3.00. The molecule has 3 nitrogen and oxygen atoms in total. The molecular weight excluding hydrogens is 631 g/mol. The van der Waals surface area contributed by atoms with E-state index in [-0.39, 0.29) is 59.0 Å². The lowest BCUT2D eigenvalue weighted by atomic mass is 10.2. The SMILES string of the molecule is COCCOCCn1c2c(F)c3sc4ccccc4sc3c(F)c2sc2c(F)c3sc4ccccc4sc3c(F)c21. The normalized spacial score (nSPS) is 12.1. The molecule has 0 saturated heterocycles. The maximum atomic E-state index is 16.5. The Morgan fingerprint density at radius 3 is 1.37 bits per heavy atom. The van der Waals surface area contributed by atoms with Gasteiger partial charge in [0.1, 0.15) is 0 Å². The predicted octanol–water partition coefficient (Wildman–Crippen LogP) is 10.6. The summed E-state index contributed by atoms with van der Waals surface area (Å²) in [5.41, 5.74) is -0.206. The van der Waals surface area contributed by atoms with E-state index in [1.54, 1.807) is 7.11 Å². The molecule has 7 rings (SSSR count). The minimum atomic E-state index is -0.664. The highest BCUT2D eigenvalue weighted by atomic mass is 32.1. The molecule has 0 fully saturated rings. The van der Waals surface area contributed by atoms with Crippen LogP contribution in [-0.4, -0.2) is 31.5 Å². The molecule has 0 atom stereocenters. The zero-order chi connectivity index (χ0) is 28.2. The molecule has 210 valence electrons. The van der Waals surface area contributed by atoms with Crippen molar-refractivity contribution in [1.82, 2.24) is 4.57 Å². The first kappa shape index (κ1) is 27.3. The first-order valence-electron chi connectivity index (χ1n) is 12.5. The van der Waals surface area contributed by atoms with E-state index in [1.807, 2.05) is 48.5 Å². The number of aromatic nitrogens is 1. The van der Waals surface area contributed by atoms with Crippen LogP contribution in [0.3, 0.4) is 0 Å². The van der Waals surface area contributed by atoms with Gasteiger partial charge in [0.15, 0.2) is 23.3 Å². The smallest absolute Gasteiger partial charge is 0.167 e. The van der Waals surface area contributed by atoms with Crippen LogP contribution in [-0.2, 0) is 16.0 Å². The van der Waals surface area contributed by atoms with Crippen LogP contribution in [0.2, 0.25) is 0 Å². The summed E-state index contributed by atoms with van der Waals surface area (Å²) < 4.78 is 81.3. The van der Waals surface area contributed by atoms with Crippen molar-refractivity contribution in [3.8, 4) is 0 Å². The van der Waals surface area contributed by atoms with Gasteiger partial charge < -0.3 is 14.0 Å². The summed E-state index contributed by atoms with van der Waals surface area (Å²) in [6, 6.07) is 14.8. The number of halogens is 4. The number of hydrogen-bond donors (Lipinski definition) is 0. The molecule has 12 heteroatoms. The molecule has 0 aliphatic rings. The quantitative estimate of drug-likeness (QED) is 0.102. The third kappa shape index (κ3) is 4.48. The van der Waals surface area contributed by atoms with Crippen molar-refractivity contribution in [2.45, 2.75) is 6.54 Å². The number of methoxy groups -OCH3 is 1. The Hall–Kier alpha value is -2.58. The molecule has 0 bridgehead atoms. The highest BCUT2D eigenvalue weighted by Gasteiger charge is 2.26. The van der Waals surface area contributed by atoms with Gasteiger partial charge >= 0.3 is 0 Å². The van der Waals surface area contributed by atoms with E-state index in [0.29, 0.717) is 6.61 Å². The topological polar surface area (TPSA) is 23.4 Å². The van der Waals surface area contributed by atoms with Gasteiger partial charge in [-0.2, -0.15) is 0 Å². The third-order valence-electron chi connectivity index (χ3n) is 6.64. The zero-order valence-corrected chi connectivity index (χ0v) is 25.3. The molecule has 0 amide bonds. The van der Waals surface area contributed by atoms with E-state index >= 15 is 17.6 Å². The second-order valence-corrected chi connectivity index (χ2v) is 14.3. The molecule has 0 spiro atoms. The summed E-state index contributed by atoms with van der Waals surface area (Å²) in [6.45, 7) is 0.667. The van der Waals surface area contributed by atoms with Crippen LogP contribution in [0.1, 0.15) is 0 Å². The van der Waals surface area contributed by atoms with Gasteiger partial charge in [0.05, 0.1) is 59.1 Å². The molecule has 3 heterocycles. The summed E-state index contributed by atoms with van der Waals surface area (Å²) in [5.74, 6) is -2.62. The summed E-state index contributed by atoms with van der Waals surface area (Å²) in [5, 5.41) is 0. The van der Waals surface area contributed by atoms with Gasteiger partial charge in [-0.3, -0.25) is 0 Å². The van der Waals surface area contributed by atoms with E-state index in [4.69, 9.17) is 9.47 Å². The van der Waals surface area contributed by atoms with E-state index in [9.17, 15) is 0 Å². The molecule has 7 aromatic rings. The molecule has 3 aromatic heterocycles. The van der Waals surface area contributed by atoms with Gasteiger partial charge in [-0.05, 0) is 24.3 Å². The Morgan fingerprint density at radius 2 is 0.951 bits per heavy atom. The second-order valence-electron chi connectivity index (χ2n) is 9.09. The van der Waals surface area contributed by atoms with Crippen molar-refractivity contribution in [3.05, 3.63) is 71.8 Å². The summed E-state index contributed by atoms with van der Waals surface area (Å²) in [6.07, 6.45) is 0. The lowest BCUT2D eigenvalue weighted by Crippen LogP contribution is -2.13. The van der Waals surface area contributed by atoms with Crippen molar-refractivity contribution in [3.63, 3.8) is 0 Å². The molecule has 0 saturated carbocycles. The molecule has 4 aromatic carbocycles. The van der Waals surface area contributed by atoms with Crippen molar-refractivity contribution in [2.75, 3.05) is 26.9 Å². The lowest BCUT2D eigenvalue weighted by molar-refractivity contribution is 0.0672. The monoisotopic (exact) mass is 649 g/mol. The lowest BCUT2D eigenvalue weighted by Gasteiger charge is -2.19. The van der Waals surface area contributed by atoms with Crippen LogP contribution >= 0.6 is 56.7 Å². The molecule has 0 unspecified atom stereocenters. The van der Waals surface area contributed by atoms with E-state index in [0.717, 1.165) is 75.5 Å². The van der Waals surface area contributed by atoms with E-state index < -0.39 is 23.3 Å². The molecule has 41 heavy (non-hydrogen) atoms. The molecule has 0 aliphatic heterocycles. The van der Waals surface area contributed by atoms with Crippen molar-refractivity contribution >= 4 is 115 Å². The fourth-order valence-corrected chi connectivity index (χ4v) is 10.7. The van der Waals surface area contributed by atoms with Crippen LogP contribution in [0.15, 0.2) is 48.5 Å². The van der Waals surface area contributed by atoms with Crippen LogP contribution in [0.5, 0.6) is 0 Å². The Balaban J connectivity index is 1.62. The minimum absolute atomic E-state index is 0.0165. The van der Waals surface area contributed by atoms with Crippen molar-refractivity contribution < 1.29 is 27.0 Å². The Labute approximate surface area is 250 Å². The maximum Gasteiger partial charge on any atom is 0.167 e. The number of benzene rings is 4. The van der Waals surface area contributed by atoms with Gasteiger partial charge in [-0.25, -0.2) is 17.6 Å². The summed E-state index contributed by atoms with van der Waals surface area (Å²) in [4.78, 5) is 0. The Bertz CT molecular complexity index is 2050. The summed E-state index contributed by atoms with van der Waals surface area (Å²) in [7, 11) is 1.54. The summed E-state index contributed by atoms with van der Waals surface area (Å²) >= 11 is 5.32. The number of rotatable bonds is 6. The Morgan fingerprint density at radius 1 is 0.537 bits per heavy atom. The molecule has 0 N–H and O–H groups in total. The number of fused-ring (bicyclic) bond motifs is 6. The van der Waals surface area contributed by atoms with Crippen LogP contribution in [0.4, 0.5) is 17.6 Å². The molecular formula is C29H19F4NO2S5. The molecule has 0 aliphatic carbocycles.